The molecule has 1 N–H and O–H groups in total. The number of nitrogens with zero attached hydrogens (tertiary/aromatic N) is 3. The van der Waals surface area contributed by atoms with Gasteiger partial charge >= 0.3 is 0 Å². The van der Waals surface area contributed by atoms with Gasteiger partial charge in [-0.15, -0.1) is 0 Å². The number of aryl methyl sites for hydroxylation is 1. The minimum absolute atomic E-state index is 0.149. The SMILES string of the molecule is CC.Cn1cnc2cc(O)cnc21. The lowest BCUT2D eigenvalue weighted by molar-refractivity contribution is 0.473. The Morgan fingerprint density at radius 2 is 2.00 bits per heavy atom. The highest BCUT2D eigenvalue weighted by atomic mass is 16.3. The zero-order valence-electron chi connectivity index (χ0n) is 8.02. The third-order valence-electron chi connectivity index (χ3n) is 1.54. The van der Waals surface area contributed by atoms with Crippen LogP contribution >= 0.6 is 0 Å². The average Bonchev–Trinajstić information content (AvgIpc) is 2.51. The summed E-state index contributed by atoms with van der Waals surface area (Å²) >= 11 is 0. The largest absolute Gasteiger partial charge is 0.506 e. The van der Waals surface area contributed by atoms with Gasteiger partial charge in [0.05, 0.1) is 12.5 Å². The van der Waals surface area contributed by atoms with Gasteiger partial charge in [-0.25, -0.2) is 9.97 Å². The summed E-state index contributed by atoms with van der Waals surface area (Å²) in [5.41, 5.74) is 1.50. The summed E-state index contributed by atoms with van der Waals surface area (Å²) < 4.78 is 1.80. The molecule has 13 heavy (non-hydrogen) atoms. The number of imidazole rings is 1. The fraction of sp³-hybridized carbons (Fsp3) is 0.333. The minimum atomic E-state index is 0.149. The van der Waals surface area contributed by atoms with Gasteiger partial charge in [-0.2, -0.15) is 0 Å². The Hall–Kier alpha value is -1.58. The van der Waals surface area contributed by atoms with E-state index < -0.39 is 0 Å². The summed E-state index contributed by atoms with van der Waals surface area (Å²) in [4.78, 5) is 8.01. The Balaban J connectivity index is 0.000000396. The first kappa shape index (κ1) is 9.51. The van der Waals surface area contributed by atoms with Crippen LogP contribution in [0.5, 0.6) is 5.75 Å². The van der Waals surface area contributed by atoms with Crippen molar-refractivity contribution < 1.29 is 5.11 Å². The third-order valence-corrected chi connectivity index (χ3v) is 1.54. The molecule has 0 saturated heterocycles. The smallest absolute Gasteiger partial charge is 0.159 e. The molecular formula is C9H13N3O. The van der Waals surface area contributed by atoms with Gasteiger partial charge in [0.2, 0.25) is 0 Å². The summed E-state index contributed by atoms with van der Waals surface area (Å²) in [5, 5.41) is 9.03. The van der Waals surface area contributed by atoms with Crippen molar-refractivity contribution in [2.45, 2.75) is 13.8 Å². The maximum Gasteiger partial charge on any atom is 0.159 e. The summed E-state index contributed by atoms with van der Waals surface area (Å²) in [5.74, 6) is 0.149. The van der Waals surface area contributed by atoms with E-state index in [4.69, 9.17) is 5.11 Å². The fourth-order valence-corrected chi connectivity index (χ4v) is 1.01. The maximum atomic E-state index is 9.03. The molecule has 0 aliphatic rings. The molecule has 2 heterocycles. The average molecular weight is 179 g/mol. The predicted octanol–water partition coefficient (Wildman–Crippen LogP) is 1.70. The number of rotatable bonds is 0. The van der Waals surface area contributed by atoms with E-state index >= 15 is 0 Å². The quantitative estimate of drug-likeness (QED) is 0.669. The van der Waals surface area contributed by atoms with E-state index in [0.29, 0.717) is 5.52 Å². The molecule has 4 heteroatoms. The van der Waals surface area contributed by atoms with E-state index in [0.717, 1.165) is 5.65 Å². The van der Waals surface area contributed by atoms with Gasteiger partial charge in [-0.3, -0.25) is 0 Å². The Bertz CT molecular complexity index is 395. The standard InChI is InChI=1S/C7H7N3O.C2H6/c1-10-4-9-6-2-5(11)3-8-7(6)10;1-2/h2-4,11H,1H3;1-2H3. The van der Waals surface area contributed by atoms with E-state index in [9.17, 15) is 0 Å². The molecule has 2 aromatic rings. The zero-order valence-corrected chi connectivity index (χ0v) is 8.02. The van der Waals surface area contributed by atoms with Crippen molar-refractivity contribution in [1.82, 2.24) is 14.5 Å². The second-order valence-corrected chi connectivity index (χ2v) is 2.39. The van der Waals surface area contributed by atoms with Gasteiger partial charge in [0.1, 0.15) is 11.3 Å². The fourth-order valence-electron chi connectivity index (χ4n) is 1.01. The van der Waals surface area contributed by atoms with Gasteiger partial charge in [0, 0.05) is 13.1 Å². The van der Waals surface area contributed by atoms with Crippen molar-refractivity contribution in [1.29, 1.82) is 0 Å². The number of aromatic nitrogens is 3. The molecule has 2 rings (SSSR count). The number of hydrogen-bond donors (Lipinski definition) is 1. The number of aromatic hydroxyl groups is 1. The zero-order chi connectivity index (χ0) is 9.84. The van der Waals surface area contributed by atoms with Crippen LogP contribution in [0.15, 0.2) is 18.6 Å². The second kappa shape index (κ2) is 3.89. The van der Waals surface area contributed by atoms with Crippen molar-refractivity contribution in [3.63, 3.8) is 0 Å². The molecule has 0 saturated carbocycles. The molecule has 0 unspecified atom stereocenters. The topological polar surface area (TPSA) is 50.9 Å². The second-order valence-electron chi connectivity index (χ2n) is 2.39. The molecule has 0 aliphatic carbocycles. The van der Waals surface area contributed by atoms with Gasteiger partial charge < -0.3 is 9.67 Å². The minimum Gasteiger partial charge on any atom is -0.506 e. The van der Waals surface area contributed by atoms with Crippen LogP contribution in [0.1, 0.15) is 13.8 Å². The van der Waals surface area contributed by atoms with E-state index in [-0.39, 0.29) is 5.75 Å². The summed E-state index contributed by atoms with van der Waals surface area (Å²) in [6.07, 6.45) is 3.07. The van der Waals surface area contributed by atoms with E-state index in [1.54, 1.807) is 17.0 Å². The molecule has 2 aromatic heterocycles. The lowest BCUT2D eigenvalue weighted by atomic mass is 10.4. The van der Waals surface area contributed by atoms with Crippen LogP contribution in [-0.4, -0.2) is 19.6 Å². The molecule has 0 fully saturated rings. The molecule has 4 nitrogen and oxygen atoms in total. The van der Waals surface area contributed by atoms with Crippen LogP contribution < -0.4 is 0 Å². The first-order valence-electron chi connectivity index (χ1n) is 4.23. The lowest BCUT2D eigenvalue weighted by Crippen LogP contribution is -1.85. The molecule has 0 spiro atoms. The Labute approximate surface area is 76.9 Å². The maximum absolute atomic E-state index is 9.03. The van der Waals surface area contributed by atoms with E-state index in [2.05, 4.69) is 9.97 Å². The highest BCUT2D eigenvalue weighted by Crippen LogP contribution is 2.13. The molecule has 0 aliphatic heterocycles. The monoisotopic (exact) mass is 179 g/mol. The molecule has 0 bridgehead atoms. The van der Waals surface area contributed by atoms with Crippen LogP contribution in [0.3, 0.4) is 0 Å². The van der Waals surface area contributed by atoms with Crippen molar-refractivity contribution in [3.8, 4) is 5.75 Å². The lowest BCUT2D eigenvalue weighted by Gasteiger charge is -1.92. The van der Waals surface area contributed by atoms with Gasteiger partial charge in [0.15, 0.2) is 5.65 Å². The van der Waals surface area contributed by atoms with Crippen molar-refractivity contribution in [2.75, 3.05) is 0 Å². The molecule has 0 atom stereocenters. The van der Waals surface area contributed by atoms with E-state index in [1.165, 1.54) is 6.20 Å². The number of pyridine rings is 1. The van der Waals surface area contributed by atoms with Crippen LogP contribution in [0.25, 0.3) is 11.2 Å². The van der Waals surface area contributed by atoms with Gasteiger partial charge in [-0.1, -0.05) is 13.8 Å². The number of hydrogen-bond acceptors (Lipinski definition) is 3. The van der Waals surface area contributed by atoms with Crippen LogP contribution in [0, 0.1) is 0 Å². The first-order valence-corrected chi connectivity index (χ1v) is 4.23. The van der Waals surface area contributed by atoms with Gasteiger partial charge in [0.25, 0.3) is 0 Å². The molecular weight excluding hydrogens is 166 g/mol. The summed E-state index contributed by atoms with van der Waals surface area (Å²) in [6, 6.07) is 1.59. The third kappa shape index (κ3) is 1.77. The Morgan fingerprint density at radius 1 is 1.31 bits per heavy atom. The predicted molar refractivity (Wildman–Crippen MR) is 51.5 cm³/mol. The van der Waals surface area contributed by atoms with Crippen LogP contribution in [-0.2, 0) is 7.05 Å². The van der Waals surface area contributed by atoms with Crippen LogP contribution in [0.2, 0.25) is 0 Å². The highest BCUT2D eigenvalue weighted by Gasteiger charge is 1.99. The normalized spacial score (nSPS) is 9.46. The van der Waals surface area contributed by atoms with Crippen molar-refractivity contribution in [3.05, 3.63) is 18.6 Å². The summed E-state index contributed by atoms with van der Waals surface area (Å²) in [7, 11) is 1.86. The molecule has 0 aromatic carbocycles. The number of fused-ring (bicyclic) bond motifs is 1. The van der Waals surface area contributed by atoms with E-state index in [1.807, 2.05) is 20.9 Å². The van der Waals surface area contributed by atoms with Gasteiger partial charge in [-0.05, 0) is 0 Å². The Kier molecular flexibility index (Phi) is 2.84. The van der Waals surface area contributed by atoms with Crippen molar-refractivity contribution >= 4 is 11.2 Å². The molecule has 70 valence electrons. The molecule has 0 amide bonds. The molecule has 0 radical (unpaired) electrons. The Morgan fingerprint density at radius 3 is 2.69 bits per heavy atom. The van der Waals surface area contributed by atoms with Crippen LogP contribution in [0.4, 0.5) is 0 Å². The summed E-state index contributed by atoms with van der Waals surface area (Å²) in [6.45, 7) is 4.00. The first-order chi connectivity index (χ1) is 6.27. The highest BCUT2D eigenvalue weighted by molar-refractivity contribution is 5.71. The van der Waals surface area contributed by atoms with Crippen molar-refractivity contribution in [2.24, 2.45) is 7.05 Å².